The van der Waals surface area contributed by atoms with Gasteiger partial charge in [0.15, 0.2) is 5.65 Å². The Morgan fingerprint density at radius 1 is 1.10 bits per heavy atom. The third-order valence-corrected chi connectivity index (χ3v) is 7.59. The van der Waals surface area contributed by atoms with Gasteiger partial charge < -0.3 is 9.80 Å². The molecule has 0 aliphatic carbocycles. The number of piperazine rings is 1. The Balaban J connectivity index is 1.90. The number of pyridine rings is 1. The molecule has 0 atom stereocenters. The molecule has 2 aromatic heterocycles. The molecule has 3 heterocycles. The molecule has 162 valence electrons. The molecule has 0 radical (unpaired) electrons. The van der Waals surface area contributed by atoms with Crippen molar-refractivity contribution in [1.29, 1.82) is 5.26 Å². The van der Waals surface area contributed by atoms with Crippen molar-refractivity contribution in [3.63, 3.8) is 0 Å². The summed E-state index contributed by atoms with van der Waals surface area (Å²) >= 11 is 0. The predicted octanol–water partition coefficient (Wildman–Crippen LogP) is 3.16. The zero-order valence-electron chi connectivity index (χ0n) is 18.1. The lowest BCUT2D eigenvalue weighted by molar-refractivity contribution is 0.312. The van der Waals surface area contributed by atoms with Crippen LogP contribution in [0.25, 0.3) is 22.2 Å². The number of nitriles is 1. The fourth-order valence-electron chi connectivity index (χ4n) is 3.96. The first kappa shape index (κ1) is 21.3. The molecule has 1 saturated heterocycles. The standard InChI is InChI=1S/C23H27N5O2S/c1-17(2)16-31(29,30)28-9-8-20-21(19-6-4-18(15-24)5-7-19)14-22(25-23(20)28)27-12-10-26(3)11-13-27/h4-9,14,17H,10-13,16H2,1-3H3. The minimum Gasteiger partial charge on any atom is -0.354 e. The number of aromatic nitrogens is 2. The second-order valence-corrected chi connectivity index (χ2v) is 10.4. The van der Waals surface area contributed by atoms with Crippen molar-refractivity contribution in [3.05, 3.63) is 48.2 Å². The second kappa shape index (κ2) is 8.33. The van der Waals surface area contributed by atoms with Crippen LogP contribution in [-0.4, -0.2) is 61.3 Å². The summed E-state index contributed by atoms with van der Waals surface area (Å²) in [5, 5.41) is 9.92. The summed E-state index contributed by atoms with van der Waals surface area (Å²) in [5.74, 6) is 0.851. The van der Waals surface area contributed by atoms with Crippen molar-refractivity contribution in [2.24, 2.45) is 5.92 Å². The highest BCUT2D eigenvalue weighted by Crippen LogP contribution is 2.33. The minimum atomic E-state index is -3.52. The average Bonchev–Trinajstić information content (AvgIpc) is 3.18. The molecule has 1 aliphatic heterocycles. The highest BCUT2D eigenvalue weighted by Gasteiger charge is 2.23. The van der Waals surface area contributed by atoms with Crippen molar-refractivity contribution in [2.45, 2.75) is 13.8 Å². The zero-order valence-corrected chi connectivity index (χ0v) is 18.9. The van der Waals surface area contributed by atoms with Gasteiger partial charge in [-0.25, -0.2) is 17.4 Å². The first-order valence-electron chi connectivity index (χ1n) is 10.5. The van der Waals surface area contributed by atoms with Crippen LogP contribution in [0.5, 0.6) is 0 Å². The van der Waals surface area contributed by atoms with Gasteiger partial charge >= 0.3 is 0 Å². The maximum absolute atomic E-state index is 13.0. The first-order chi connectivity index (χ1) is 14.8. The Morgan fingerprint density at radius 2 is 1.77 bits per heavy atom. The summed E-state index contributed by atoms with van der Waals surface area (Å²) in [5.41, 5.74) is 2.89. The largest absolute Gasteiger partial charge is 0.354 e. The topological polar surface area (TPSA) is 82.2 Å². The number of benzene rings is 1. The van der Waals surface area contributed by atoms with Crippen LogP contribution in [0.15, 0.2) is 42.6 Å². The first-order valence-corrected chi connectivity index (χ1v) is 12.1. The highest BCUT2D eigenvalue weighted by atomic mass is 32.2. The maximum Gasteiger partial charge on any atom is 0.240 e. The number of hydrogen-bond donors (Lipinski definition) is 0. The Morgan fingerprint density at radius 3 is 2.39 bits per heavy atom. The van der Waals surface area contributed by atoms with E-state index in [0.717, 1.165) is 48.5 Å². The van der Waals surface area contributed by atoms with Gasteiger partial charge in [-0.3, -0.25) is 0 Å². The summed E-state index contributed by atoms with van der Waals surface area (Å²) in [7, 11) is -1.43. The van der Waals surface area contributed by atoms with Crippen LogP contribution in [-0.2, 0) is 10.0 Å². The monoisotopic (exact) mass is 437 g/mol. The normalized spacial score (nSPS) is 15.5. The quantitative estimate of drug-likeness (QED) is 0.610. The van der Waals surface area contributed by atoms with Crippen LogP contribution < -0.4 is 4.90 Å². The van der Waals surface area contributed by atoms with Crippen LogP contribution in [0.1, 0.15) is 19.4 Å². The lowest BCUT2D eigenvalue weighted by Gasteiger charge is -2.33. The molecule has 0 amide bonds. The number of nitrogens with zero attached hydrogens (tertiary/aromatic N) is 5. The zero-order chi connectivity index (χ0) is 22.2. The number of likely N-dealkylation sites (N-methyl/N-ethyl adjacent to an activating group) is 1. The van der Waals surface area contributed by atoms with E-state index in [4.69, 9.17) is 10.2 Å². The lowest BCUT2D eigenvalue weighted by atomic mass is 10.0. The van der Waals surface area contributed by atoms with Crippen molar-refractivity contribution >= 4 is 26.9 Å². The molecule has 0 N–H and O–H groups in total. The van der Waals surface area contributed by atoms with E-state index in [-0.39, 0.29) is 11.7 Å². The Labute approximate surface area is 183 Å². The van der Waals surface area contributed by atoms with Gasteiger partial charge in [-0.1, -0.05) is 26.0 Å². The molecule has 1 aromatic carbocycles. The number of fused-ring (bicyclic) bond motifs is 1. The van der Waals surface area contributed by atoms with Crippen molar-refractivity contribution in [1.82, 2.24) is 13.9 Å². The smallest absolute Gasteiger partial charge is 0.240 e. The molecule has 31 heavy (non-hydrogen) atoms. The van der Waals surface area contributed by atoms with E-state index in [1.165, 1.54) is 3.97 Å². The number of hydrogen-bond acceptors (Lipinski definition) is 6. The summed E-state index contributed by atoms with van der Waals surface area (Å²) in [4.78, 5) is 9.29. The lowest BCUT2D eigenvalue weighted by Crippen LogP contribution is -2.44. The van der Waals surface area contributed by atoms with Crippen LogP contribution in [0.4, 0.5) is 5.82 Å². The molecule has 0 spiro atoms. The molecule has 7 nitrogen and oxygen atoms in total. The number of rotatable bonds is 5. The van der Waals surface area contributed by atoms with E-state index in [1.54, 1.807) is 18.3 Å². The second-order valence-electron chi connectivity index (χ2n) is 8.53. The fraction of sp³-hybridized carbons (Fsp3) is 0.391. The van der Waals surface area contributed by atoms with E-state index >= 15 is 0 Å². The van der Waals surface area contributed by atoms with Crippen molar-refractivity contribution in [2.75, 3.05) is 43.9 Å². The van der Waals surface area contributed by atoms with Gasteiger partial charge in [0.2, 0.25) is 10.0 Å². The Kier molecular flexibility index (Phi) is 5.73. The van der Waals surface area contributed by atoms with Crippen LogP contribution in [0.2, 0.25) is 0 Å². The summed E-state index contributed by atoms with van der Waals surface area (Å²) in [6, 6.07) is 13.4. The van der Waals surface area contributed by atoms with Crippen LogP contribution >= 0.6 is 0 Å². The van der Waals surface area contributed by atoms with Gasteiger partial charge in [-0.05, 0) is 48.4 Å². The predicted molar refractivity (Wildman–Crippen MR) is 124 cm³/mol. The maximum atomic E-state index is 13.0. The summed E-state index contributed by atoms with van der Waals surface area (Å²) in [6.45, 7) is 7.32. The number of anilines is 1. The van der Waals surface area contributed by atoms with Gasteiger partial charge in [-0.2, -0.15) is 5.26 Å². The third-order valence-electron chi connectivity index (χ3n) is 5.61. The fourth-order valence-corrected chi connectivity index (χ4v) is 5.61. The van der Waals surface area contributed by atoms with Crippen molar-refractivity contribution in [3.8, 4) is 17.2 Å². The third kappa shape index (κ3) is 4.29. The van der Waals surface area contributed by atoms with E-state index in [0.29, 0.717) is 11.2 Å². The van der Waals surface area contributed by atoms with Gasteiger partial charge in [0.25, 0.3) is 0 Å². The molecule has 1 fully saturated rings. The summed E-state index contributed by atoms with van der Waals surface area (Å²) < 4.78 is 27.4. The molecule has 8 heteroatoms. The van der Waals surface area contributed by atoms with E-state index in [9.17, 15) is 8.42 Å². The summed E-state index contributed by atoms with van der Waals surface area (Å²) in [6.07, 6.45) is 1.61. The highest BCUT2D eigenvalue weighted by molar-refractivity contribution is 7.90. The average molecular weight is 438 g/mol. The van der Waals surface area contributed by atoms with Gasteiger partial charge in [0.05, 0.1) is 17.4 Å². The van der Waals surface area contributed by atoms with Crippen LogP contribution in [0.3, 0.4) is 0 Å². The van der Waals surface area contributed by atoms with Gasteiger partial charge in [-0.15, -0.1) is 0 Å². The SMILES string of the molecule is CC(C)CS(=O)(=O)n1ccc2c(-c3ccc(C#N)cc3)cc(N3CCN(C)CC3)nc21. The molecule has 0 bridgehead atoms. The molecule has 1 aliphatic rings. The van der Waals surface area contributed by atoms with E-state index < -0.39 is 10.0 Å². The Hall–Kier alpha value is -2.89. The molecular formula is C23H27N5O2S. The van der Waals surface area contributed by atoms with Crippen LogP contribution in [0, 0.1) is 17.2 Å². The Bertz CT molecular complexity index is 1230. The molecule has 0 saturated carbocycles. The molecule has 0 unspecified atom stereocenters. The molecule has 4 rings (SSSR count). The van der Waals surface area contributed by atoms with Crippen molar-refractivity contribution < 1.29 is 8.42 Å². The van der Waals surface area contributed by atoms with E-state index in [2.05, 4.69) is 22.9 Å². The van der Waals surface area contributed by atoms with Gasteiger partial charge in [0.1, 0.15) is 5.82 Å². The minimum absolute atomic E-state index is 0.0151. The molecule has 3 aromatic rings. The molecular weight excluding hydrogens is 410 g/mol. The van der Waals surface area contributed by atoms with E-state index in [1.807, 2.05) is 38.1 Å². The van der Waals surface area contributed by atoms with Gasteiger partial charge in [0, 0.05) is 37.8 Å².